The molecule has 0 amide bonds. The molecule has 0 radical (unpaired) electrons. The second-order valence-corrected chi connectivity index (χ2v) is 5.57. The molecule has 0 atom stereocenters. The molecule has 6 heteroatoms. The highest BCUT2D eigenvalue weighted by atomic mass is 19.3. The Hall–Kier alpha value is -1.53. The molecular weight excluding hydrogens is 303 g/mol. The lowest BCUT2D eigenvalue weighted by Gasteiger charge is -2.15. The van der Waals surface area contributed by atoms with Crippen LogP contribution in [0.3, 0.4) is 0 Å². The van der Waals surface area contributed by atoms with Crippen LogP contribution in [0, 0.1) is 6.92 Å². The molecule has 5 nitrogen and oxygen atoms in total. The predicted molar refractivity (Wildman–Crippen MR) is 87.5 cm³/mol. The molecule has 0 aromatic heterocycles. The predicted octanol–water partition coefficient (Wildman–Crippen LogP) is 4.94. The van der Waals surface area contributed by atoms with Gasteiger partial charge in [0.2, 0.25) is 0 Å². The van der Waals surface area contributed by atoms with E-state index >= 15 is 0 Å². The first-order valence-electron chi connectivity index (χ1n) is 8.13. The zero-order chi connectivity index (χ0) is 17.8. The van der Waals surface area contributed by atoms with Crippen LogP contribution in [0.4, 0.5) is 4.53 Å². The number of phenolic OH excluding ortho intramolecular Hbond substituents is 3. The van der Waals surface area contributed by atoms with Crippen LogP contribution in [0.25, 0.3) is 0 Å². The third kappa shape index (κ3) is 6.62. The molecular formula is C17H29FO5. The van der Waals surface area contributed by atoms with Crippen molar-refractivity contribution in [1.82, 2.24) is 0 Å². The number of halogens is 1. The second-order valence-electron chi connectivity index (χ2n) is 5.57. The first-order chi connectivity index (χ1) is 11.0. The lowest BCUT2D eigenvalue weighted by atomic mass is 9.95. The van der Waals surface area contributed by atoms with Gasteiger partial charge < -0.3 is 15.3 Å². The first kappa shape index (κ1) is 21.5. The minimum Gasteiger partial charge on any atom is -0.507 e. The van der Waals surface area contributed by atoms with E-state index in [4.69, 9.17) is 5.26 Å². The molecule has 4 N–H and O–H groups in total. The Kier molecular flexibility index (Phi) is 11.2. The maximum absolute atomic E-state index is 10.2. The van der Waals surface area contributed by atoms with E-state index in [2.05, 4.69) is 6.92 Å². The molecule has 0 aliphatic heterocycles. The molecule has 1 aromatic carbocycles. The van der Waals surface area contributed by atoms with E-state index in [1.165, 1.54) is 25.7 Å². The van der Waals surface area contributed by atoms with Crippen molar-refractivity contribution in [3.8, 4) is 17.2 Å². The summed E-state index contributed by atoms with van der Waals surface area (Å²) in [5, 5.41) is 38.3. The average Bonchev–Trinajstić information content (AvgIpc) is 2.53. The highest BCUT2D eigenvalue weighted by molar-refractivity contribution is 5.61. The number of benzene rings is 1. The van der Waals surface area contributed by atoms with Crippen LogP contribution in [-0.2, 0) is 17.9 Å². The van der Waals surface area contributed by atoms with Gasteiger partial charge >= 0.3 is 0 Å². The van der Waals surface area contributed by atoms with Crippen molar-refractivity contribution in [3.05, 3.63) is 16.7 Å². The van der Waals surface area contributed by atoms with Crippen LogP contribution >= 0.6 is 0 Å². The second kappa shape index (κ2) is 12.0. The Morgan fingerprint density at radius 2 is 1.35 bits per heavy atom. The summed E-state index contributed by atoms with van der Waals surface area (Å²) in [6, 6.07) is 0. The van der Waals surface area contributed by atoms with Gasteiger partial charge in [0.15, 0.2) is 11.5 Å². The largest absolute Gasteiger partial charge is 0.507 e. The van der Waals surface area contributed by atoms with Crippen molar-refractivity contribution in [2.75, 3.05) is 0 Å². The van der Waals surface area contributed by atoms with E-state index in [0.717, 1.165) is 18.4 Å². The smallest absolute Gasteiger partial charge is 0.164 e. The molecule has 0 saturated heterocycles. The minimum absolute atomic E-state index is 0.0827. The van der Waals surface area contributed by atoms with Crippen molar-refractivity contribution < 1.29 is 30.2 Å². The summed E-state index contributed by atoms with van der Waals surface area (Å²) in [5.74, 6) is -0.0692. The zero-order valence-corrected chi connectivity index (χ0v) is 14.2. The van der Waals surface area contributed by atoms with E-state index in [9.17, 15) is 19.8 Å². The molecule has 23 heavy (non-hydrogen) atoms. The van der Waals surface area contributed by atoms with E-state index in [1.807, 2.05) is 6.92 Å². The Balaban J connectivity index is 0.00000149. The van der Waals surface area contributed by atoms with Gasteiger partial charge in [0.05, 0.1) is 0 Å². The molecule has 1 rings (SSSR count). The summed E-state index contributed by atoms with van der Waals surface area (Å²) >= 11 is 0. The fourth-order valence-electron chi connectivity index (χ4n) is 2.69. The summed E-state index contributed by atoms with van der Waals surface area (Å²) in [4.78, 5) is 0. The van der Waals surface area contributed by atoms with Crippen LogP contribution in [0.2, 0.25) is 0 Å². The summed E-state index contributed by atoms with van der Waals surface area (Å²) in [5.41, 5.74) is 1.82. The fraction of sp³-hybridized carbons (Fsp3) is 0.647. The van der Waals surface area contributed by atoms with Gasteiger partial charge in [-0.2, -0.15) is 0 Å². The van der Waals surface area contributed by atoms with Crippen molar-refractivity contribution in [1.29, 1.82) is 0 Å². The summed E-state index contributed by atoms with van der Waals surface area (Å²) in [7, 11) is 0. The van der Waals surface area contributed by atoms with E-state index in [0.29, 0.717) is 24.0 Å². The third-order valence-corrected chi connectivity index (χ3v) is 4.02. The average molecular weight is 332 g/mol. The van der Waals surface area contributed by atoms with E-state index in [-0.39, 0.29) is 17.2 Å². The van der Waals surface area contributed by atoms with Crippen LogP contribution in [0.1, 0.15) is 69.1 Å². The molecule has 0 unspecified atom stereocenters. The maximum atomic E-state index is 10.2. The SMILES string of the molecule is CCCCCCCCc1c(O)c(O)c(C)c(CC)c1O.OOF. The number of phenols is 3. The van der Waals surface area contributed by atoms with Gasteiger partial charge in [-0.15, -0.1) is 0 Å². The van der Waals surface area contributed by atoms with E-state index in [1.54, 1.807) is 12.0 Å². The van der Waals surface area contributed by atoms with Gasteiger partial charge in [-0.1, -0.05) is 46.0 Å². The van der Waals surface area contributed by atoms with Gasteiger partial charge in [0.1, 0.15) is 5.75 Å². The normalized spacial score (nSPS) is 10.3. The monoisotopic (exact) mass is 332 g/mol. The third-order valence-electron chi connectivity index (χ3n) is 4.02. The molecule has 0 bridgehead atoms. The maximum Gasteiger partial charge on any atom is 0.164 e. The minimum atomic E-state index is -0.147. The number of rotatable bonds is 8. The molecule has 0 aliphatic carbocycles. The Bertz CT molecular complexity index is 463. The summed E-state index contributed by atoms with van der Waals surface area (Å²) in [6.45, 7) is 5.85. The number of hydrogen-bond donors (Lipinski definition) is 4. The molecule has 0 aliphatic rings. The number of aromatic hydroxyl groups is 3. The van der Waals surface area contributed by atoms with Crippen molar-refractivity contribution >= 4 is 0 Å². The summed E-state index contributed by atoms with van der Waals surface area (Å²) < 4.78 is 9.35. The number of unbranched alkanes of at least 4 members (excludes halogenated alkanes) is 5. The Morgan fingerprint density at radius 1 is 0.826 bits per heavy atom. The molecule has 134 valence electrons. The van der Waals surface area contributed by atoms with Gasteiger partial charge in [-0.3, -0.25) is 0 Å². The highest BCUT2D eigenvalue weighted by Gasteiger charge is 2.19. The Morgan fingerprint density at radius 3 is 1.87 bits per heavy atom. The van der Waals surface area contributed by atoms with Crippen molar-refractivity contribution in [3.63, 3.8) is 0 Å². The van der Waals surface area contributed by atoms with Crippen molar-refractivity contribution in [2.24, 2.45) is 0 Å². The van der Waals surface area contributed by atoms with Gasteiger partial charge in [-0.05, 0) is 35.8 Å². The standard InChI is InChI=1S/C17H28O3.FHO2/c1-4-6-7-8-9-10-11-14-16(19)13(5-2)12(3)15(18)17(14)20;1-3-2/h18-20H,4-11H2,1-3H3;2H. The lowest BCUT2D eigenvalue weighted by molar-refractivity contribution is -0.397. The fourth-order valence-corrected chi connectivity index (χ4v) is 2.69. The highest BCUT2D eigenvalue weighted by Crippen LogP contribution is 2.42. The van der Waals surface area contributed by atoms with Gasteiger partial charge in [-0.25, -0.2) is 5.26 Å². The summed E-state index contributed by atoms with van der Waals surface area (Å²) in [6.07, 6.45) is 8.21. The zero-order valence-electron chi connectivity index (χ0n) is 14.2. The Labute approximate surface area is 137 Å². The van der Waals surface area contributed by atoms with Crippen LogP contribution in [0.5, 0.6) is 17.2 Å². The topological polar surface area (TPSA) is 90.2 Å². The van der Waals surface area contributed by atoms with Crippen LogP contribution in [0.15, 0.2) is 0 Å². The molecule has 1 aromatic rings. The van der Waals surface area contributed by atoms with Crippen LogP contribution < -0.4 is 0 Å². The van der Waals surface area contributed by atoms with E-state index < -0.39 is 0 Å². The lowest BCUT2D eigenvalue weighted by Crippen LogP contribution is -1.96. The quantitative estimate of drug-likeness (QED) is 0.178. The van der Waals surface area contributed by atoms with Crippen molar-refractivity contribution in [2.45, 2.75) is 72.1 Å². The molecule has 0 spiro atoms. The molecule has 0 fully saturated rings. The first-order valence-corrected chi connectivity index (χ1v) is 8.13. The molecule has 0 saturated carbocycles. The van der Waals surface area contributed by atoms with Gasteiger partial charge in [0.25, 0.3) is 0 Å². The van der Waals surface area contributed by atoms with Crippen LogP contribution in [-0.4, -0.2) is 20.6 Å². The number of hydrogen-bond acceptors (Lipinski definition) is 5. The van der Waals surface area contributed by atoms with Gasteiger partial charge in [0, 0.05) is 16.7 Å². The molecule has 0 heterocycles.